The molecule has 6 heteroatoms. The van der Waals surface area contributed by atoms with E-state index in [1.54, 1.807) is 24.3 Å². The molecule has 16 heavy (non-hydrogen) atoms. The van der Waals surface area contributed by atoms with Crippen LogP contribution in [0.15, 0.2) is 33.6 Å². The Morgan fingerprint density at radius 3 is 2.56 bits per heavy atom. The quantitative estimate of drug-likeness (QED) is 0.891. The number of morpholine rings is 1. The lowest BCUT2D eigenvalue weighted by molar-refractivity contribution is 0.0785. The highest BCUT2D eigenvalue weighted by Gasteiger charge is 2.29. The Bertz CT molecular complexity index is 451. The fourth-order valence-electron chi connectivity index (χ4n) is 1.52. The maximum atomic E-state index is 12.1. The summed E-state index contributed by atoms with van der Waals surface area (Å²) in [6.45, 7) is 1.48. The molecule has 0 bridgehead atoms. The van der Waals surface area contributed by atoms with Crippen molar-refractivity contribution in [1.82, 2.24) is 5.32 Å². The second-order valence-corrected chi connectivity index (χ2v) is 6.51. The SMILES string of the molecule is O=S(=O)(c1ccc(Br)cc1)C1CNCCO1. The van der Waals surface area contributed by atoms with Gasteiger partial charge in [-0.25, -0.2) is 8.42 Å². The van der Waals surface area contributed by atoms with Crippen LogP contribution in [-0.2, 0) is 14.6 Å². The van der Waals surface area contributed by atoms with Gasteiger partial charge in [-0.15, -0.1) is 0 Å². The van der Waals surface area contributed by atoms with Crippen molar-refractivity contribution >= 4 is 25.8 Å². The molecule has 1 atom stereocenters. The van der Waals surface area contributed by atoms with Crippen LogP contribution in [0.2, 0.25) is 0 Å². The first-order chi connectivity index (χ1) is 7.60. The standard InChI is InChI=1S/C10H12BrNO3S/c11-8-1-3-9(4-2-8)16(13,14)10-7-12-5-6-15-10/h1-4,10,12H,5-7H2. The van der Waals surface area contributed by atoms with Crippen molar-refractivity contribution in [3.8, 4) is 0 Å². The number of nitrogens with one attached hydrogen (secondary N) is 1. The Kier molecular flexibility index (Phi) is 3.63. The Hall–Kier alpha value is -0.430. The molecular formula is C10H12BrNO3S. The van der Waals surface area contributed by atoms with E-state index in [9.17, 15) is 8.42 Å². The van der Waals surface area contributed by atoms with Crippen LogP contribution >= 0.6 is 15.9 Å². The minimum atomic E-state index is -3.38. The Morgan fingerprint density at radius 1 is 1.31 bits per heavy atom. The maximum Gasteiger partial charge on any atom is 0.206 e. The zero-order chi connectivity index (χ0) is 11.6. The molecule has 0 aliphatic carbocycles. The van der Waals surface area contributed by atoms with Gasteiger partial charge < -0.3 is 10.1 Å². The van der Waals surface area contributed by atoms with Gasteiger partial charge in [0.15, 0.2) is 5.44 Å². The van der Waals surface area contributed by atoms with Crippen LogP contribution in [0.1, 0.15) is 0 Å². The molecule has 1 aromatic carbocycles. The molecule has 1 unspecified atom stereocenters. The average Bonchev–Trinajstić information content (AvgIpc) is 2.31. The zero-order valence-corrected chi connectivity index (χ0v) is 10.9. The molecule has 1 aliphatic heterocycles. The van der Waals surface area contributed by atoms with E-state index in [2.05, 4.69) is 21.2 Å². The molecule has 0 saturated carbocycles. The van der Waals surface area contributed by atoms with Crippen molar-refractivity contribution in [3.05, 3.63) is 28.7 Å². The van der Waals surface area contributed by atoms with Gasteiger partial charge in [0.2, 0.25) is 9.84 Å². The predicted molar refractivity (Wildman–Crippen MR) is 63.9 cm³/mol. The van der Waals surface area contributed by atoms with E-state index in [1.165, 1.54) is 0 Å². The topological polar surface area (TPSA) is 55.4 Å². The fraction of sp³-hybridized carbons (Fsp3) is 0.400. The lowest BCUT2D eigenvalue weighted by Gasteiger charge is -2.23. The van der Waals surface area contributed by atoms with Gasteiger partial charge in [-0.3, -0.25) is 0 Å². The lowest BCUT2D eigenvalue weighted by atomic mass is 10.4. The minimum Gasteiger partial charge on any atom is -0.359 e. The summed E-state index contributed by atoms with van der Waals surface area (Å²) in [5.74, 6) is 0. The summed E-state index contributed by atoms with van der Waals surface area (Å²) in [6, 6.07) is 6.58. The first-order valence-corrected chi connectivity index (χ1v) is 7.26. The number of sulfone groups is 1. The summed E-state index contributed by atoms with van der Waals surface area (Å²) in [7, 11) is -3.38. The van der Waals surface area contributed by atoms with Gasteiger partial charge in [0.05, 0.1) is 11.5 Å². The highest BCUT2D eigenvalue weighted by atomic mass is 79.9. The normalized spacial score (nSPS) is 21.9. The van der Waals surface area contributed by atoms with Gasteiger partial charge in [0, 0.05) is 17.6 Å². The summed E-state index contributed by atoms with van der Waals surface area (Å²) in [5.41, 5.74) is -0.776. The van der Waals surface area contributed by atoms with Crippen LogP contribution in [0.3, 0.4) is 0 Å². The van der Waals surface area contributed by atoms with Gasteiger partial charge in [0.25, 0.3) is 0 Å². The van der Waals surface area contributed by atoms with E-state index >= 15 is 0 Å². The van der Waals surface area contributed by atoms with E-state index < -0.39 is 15.3 Å². The van der Waals surface area contributed by atoms with E-state index in [0.29, 0.717) is 24.6 Å². The van der Waals surface area contributed by atoms with Crippen molar-refractivity contribution in [3.63, 3.8) is 0 Å². The van der Waals surface area contributed by atoms with Gasteiger partial charge in [-0.2, -0.15) is 0 Å². The third-order valence-electron chi connectivity index (χ3n) is 2.38. The van der Waals surface area contributed by atoms with Crippen LogP contribution < -0.4 is 5.32 Å². The molecule has 1 N–H and O–H groups in total. The fourth-order valence-corrected chi connectivity index (χ4v) is 3.21. The number of halogens is 1. The molecule has 0 spiro atoms. The smallest absolute Gasteiger partial charge is 0.206 e. The third kappa shape index (κ3) is 2.45. The molecule has 0 radical (unpaired) electrons. The Labute approximate surface area is 103 Å². The predicted octanol–water partition coefficient (Wildman–Crippen LogP) is 1.17. The maximum absolute atomic E-state index is 12.1. The lowest BCUT2D eigenvalue weighted by Crippen LogP contribution is -2.42. The number of hydrogen-bond donors (Lipinski definition) is 1. The minimum absolute atomic E-state index is 0.296. The van der Waals surface area contributed by atoms with Gasteiger partial charge in [0.1, 0.15) is 0 Å². The molecule has 1 aromatic rings. The molecule has 1 heterocycles. The molecule has 2 rings (SSSR count). The molecule has 0 amide bonds. The van der Waals surface area contributed by atoms with Crippen LogP contribution in [0, 0.1) is 0 Å². The molecule has 0 aromatic heterocycles. The van der Waals surface area contributed by atoms with E-state index in [-0.39, 0.29) is 0 Å². The van der Waals surface area contributed by atoms with E-state index in [4.69, 9.17) is 4.74 Å². The third-order valence-corrected chi connectivity index (χ3v) is 4.83. The van der Waals surface area contributed by atoms with Crippen molar-refractivity contribution in [2.24, 2.45) is 0 Å². The summed E-state index contributed by atoms with van der Waals surface area (Å²) in [6.07, 6.45) is 0. The van der Waals surface area contributed by atoms with Crippen LogP contribution in [0.5, 0.6) is 0 Å². The van der Waals surface area contributed by atoms with Gasteiger partial charge in [-0.05, 0) is 24.3 Å². The highest BCUT2D eigenvalue weighted by Crippen LogP contribution is 2.20. The van der Waals surface area contributed by atoms with Gasteiger partial charge in [-0.1, -0.05) is 15.9 Å². The summed E-state index contributed by atoms with van der Waals surface area (Å²) in [4.78, 5) is 0.296. The van der Waals surface area contributed by atoms with E-state index in [1.807, 2.05) is 0 Å². The summed E-state index contributed by atoms with van der Waals surface area (Å²) >= 11 is 3.27. The molecule has 1 saturated heterocycles. The largest absolute Gasteiger partial charge is 0.359 e. The Morgan fingerprint density at radius 2 is 2.00 bits per heavy atom. The highest BCUT2D eigenvalue weighted by molar-refractivity contribution is 9.10. The average molecular weight is 306 g/mol. The molecular weight excluding hydrogens is 294 g/mol. The summed E-state index contributed by atoms with van der Waals surface area (Å²) in [5, 5.41) is 3.01. The first kappa shape index (κ1) is 12.0. The first-order valence-electron chi connectivity index (χ1n) is 4.92. The zero-order valence-electron chi connectivity index (χ0n) is 8.52. The molecule has 1 aliphatic rings. The number of hydrogen-bond acceptors (Lipinski definition) is 4. The van der Waals surface area contributed by atoms with Gasteiger partial charge >= 0.3 is 0 Å². The molecule has 1 fully saturated rings. The van der Waals surface area contributed by atoms with Crippen molar-refractivity contribution < 1.29 is 13.2 Å². The number of rotatable bonds is 2. The number of ether oxygens (including phenoxy) is 1. The van der Waals surface area contributed by atoms with E-state index in [0.717, 1.165) is 4.47 Å². The van der Waals surface area contributed by atoms with Crippen molar-refractivity contribution in [2.75, 3.05) is 19.7 Å². The molecule has 4 nitrogen and oxygen atoms in total. The second-order valence-electron chi connectivity index (χ2n) is 3.50. The molecule has 88 valence electrons. The van der Waals surface area contributed by atoms with Crippen molar-refractivity contribution in [1.29, 1.82) is 0 Å². The monoisotopic (exact) mass is 305 g/mol. The van der Waals surface area contributed by atoms with Crippen LogP contribution in [0.4, 0.5) is 0 Å². The summed E-state index contributed by atoms with van der Waals surface area (Å²) < 4.78 is 30.4. The van der Waals surface area contributed by atoms with Crippen LogP contribution in [-0.4, -0.2) is 33.6 Å². The van der Waals surface area contributed by atoms with Crippen LogP contribution in [0.25, 0.3) is 0 Å². The second kappa shape index (κ2) is 4.83. The Balaban J connectivity index is 2.27. The van der Waals surface area contributed by atoms with Crippen molar-refractivity contribution in [2.45, 2.75) is 10.3 Å². The number of benzene rings is 1.